The first-order chi connectivity index (χ1) is 10.9. The third-order valence-corrected chi connectivity index (χ3v) is 3.39. The first kappa shape index (κ1) is 17.0. The standard InChI is InChI=1S/C19H25N3O/c1-5-22(14-15-9-7-6-8-10-15)18(23)17-12-11-16(13-20-17)21-19(2,3)4/h6-13,21H,5,14H2,1-4H3. The molecule has 0 saturated carbocycles. The molecular weight excluding hydrogens is 286 g/mol. The maximum absolute atomic E-state index is 12.6. The summed E-state index contributed by atoms with van der Waals surface area (Å²) in [4.78, 5) is 18.7. The van der Waals surface area contributed by atoms with Gasteiger partial charge >= 0.3 is 0 Å². The lowest BCUT2D eigenvalue weighted by atomic mass is 10.1. The number of hydrogen-bond acceptors (Lipinski definition) is 3. The van der Waals surface area contributed by atoms with Gasteiger partial charge in [0.15, 0.2) is 0 Å². The van der Waals surface area contributed by atoms with Gasteiger partial charge in [-0.3, -0.25) is 4.79 Å². The van der Waals surface area contributed by atoms with Crippen LogP contribution < -0.4 is 5.32 Å². The first-order valence-corrected chi connectivity index (χ1v) is 7.96. The number of nitrogens with zero attached hydrogens (tertiary/aromatic N) is 2. The van der Waals surface area contributed by atoms with Crippen LogP contribution in [0.4, 0.5) is 5.69 Å². The van der Waals surface area contributed by atoms with Crippen molar-refractivity contribution in [3.05, 3.63) is 59.9 Å². The second-order valence-corrected chi connectivity index (χ2v) is 6.61. The fourth-order valence-electron chi connectivity index (χ4n) is 2.32. The molecule has 0 spiro atoms. The molecule has 0 unspecified atom stereocenters. The molecule has 0 radical (unpaired) electrons. The molecule has 0 atom stereocenters. The molecule has 23 heavy (non-hydrogen) atoms. The van der Waals surface area contributed by atoms with Crippen LogP contribution in [0.2, 0.25) is 0 Å². The van der Waals surface area contributed by atoms with Crippen molar-refractivity contribution in [2.75, 3.05) is 11.9 Å². The van der Waals surface area contributed by atoms with E-state index in [1.807, 2.05) is 43.3 Å². The first-order valence-electron chi connectivity index (χ1n) is 7.96. The zero-order valence-electron chi connectivity index (χ0n) is 14.3. The van der Waals surface area contributed by atoms with E-state index in [1.165, 1.54) is 0 Å². The Morgan fingerprint density at radius 3 is 2.35 bits per heavy atom. The number of amides is 1. The fourth-order valence-corrected chi connectivity index (χ4v) is 2.32. The van der Waals surface area contributed by atoms with Crippen molar-refractivity contribution in [2.45, 2.75) is 39.8 Å². The van der Waals surface area contributed by atoms with Crippen molar-refractivity contribution >= 4 is 11.6 Å². The minimum absolute atomic E-state index is 0.0318. The zero-order valence-corrected chi connectivity index (χ0v) is 14.3. The predicted octanol–water partition coefficient (Wildman–Crippen LogP) is 3.95. The summed E-state index contributed by atoms with van der Waals surface area (Å²) in [5.41, 5.74) is 2.48. The molecule has 0 bridgehead atoms. The molecule has 122 valence electrons. The molecule has 0 aliphatic carbocycles. The molecule has 4 heteroatoms. The molecule has 0 fully saturated rings. The minimum Gasteiger partial charge on any atom is -0.379 e. The van der Waals surface area contributed by atoms with Gasteiger partial charge in [-0.1, -0.05) is 30.3 Å². The van der Waals surface area contributed by atoms with Gasteiger partial charge in [-0.15, -0.1) is 0 Å². The maximum atomic E-state index is 12.6. The van der Waals surface area contributed by atoms with Gasteiger partial charge < -0.3 is 10.2 Å². The van der Waals surface area contributed by atoms with Gasteiger partial charge in [-0.2, -0.15) is 0 Å². The molecule has 0 aliphatic heterocycles. The highest BCUT2D eigenvalue weighted by Gasteiger charge is 2.16. The monoisotopic (exact) mass is 311 g/mol. The van der Waals surface area contributed by atoms with E-state index in [0.717, 1.165) is 11.3 Å². The number of aromatic nitrogens is 1. The van der Waals surface area contributed by atoms with Crippen molar-refractivity contribution in [1.82, 2.24) is 9.88 Å². The van der Waals surface area contributed by atoms with E-state index in [9.17, 15) is 4.79 Å². The van der Waals surface area contributed by atoms with Crippen molar-refractivity contribution in [3.8, 4) is 0 Å². The summed E-state index contributed by atoms with van der Waals surface area (Å²) in [7, 11) is 0. The van der Waals surface area contributed by atoms with E-state index in [0.29, 0.717) is 18.8 Å². The smallest absolute Gasteiger partial charge is 0.272 e. The van der Waals surface area contributed by atoms with Crippen LogP contribution in [0.5, 0.6) is 0 Å². The molecule has 4 nitrogen and oxygen atoms in total. The Labute approximate surface area is 138 Å². The number of benzene rings is 1. The topological polar surface area (TPSA) is 45.2 Å². The van der Waals surface area contributed by atoms with Crippen LogP contribution in [0.15, 0.2) is 48.7 Å². The molecule has 2 rings (SSSR count). The van der Waals surface area contributed by atoms with Crippen LogP contribution in [0.3, 0.4) is 0 Å². The Bertz CT molecular complexity index is 630. The largest absolute Gasteiger partial charge is 0.379 e. The van der Waals surface area contributed by atoms with Crippen molar-refractivity contribution in [3.63, 3.8) is 0 Å². The van der Waals surface area contributed by atoms with Gasteiger partial charge in [0.2, 0.25) is 0 Å². The van der Waals surface area contributed by atoms with Gasteiger partial charge in [0, 0.05) is 18.6 Å². The number of carbonyl (C=O) groups excluding carboxylic acids is 1. The summed E-state index contributed by atoms with van der Waals surface area (Å²) in [5.74, 6) is -0.0429. The molecule has 1 N–H and O–H groups in total. The van der Waals surface area contributed by atoms with Crippen LogP contribution in [0.25, 0.3) is 0 Å². The molecule has 1 heterocycles. The summed E-state index contributed by atoms with van der Waals surface area (Å²) in [5, 5.41) is 3.34. The van der Waals surface area contributed by atoms with Crippen LogP contribution in [-0.4, -0.2) is 27.9 Å². The van der Waals surface area contributed by atoms with Crippen molar-refractivity contribution in [2.24, 2.45) is 0 Å². The summed E-state index contributed by atoms with van der Waals surface area (Å²) < 4.78 is 0. The Morgan fingerprint density at radius 2 is 1.83 bits per heavy atom. The fraction of sp³-hybridized carbons (Fsp3) is 0.368. The average molecular weight is 311 g/mol. The molecular formula is C19H25N3O. The normalized spacial score (nSPS) is 11.1. The Morgan fingerprint density at radius 1 is 1.13 bits per heavy atom. The van der Waals surface area contributed by atoms with E-state index in [2.05, 4.69) is 31.1 Å². The summed E-state index contributed by atoms with van der Waals surface area (Å²) in [6.45, 7) is 9.49. The highest BCUT2D eigenvalue weighted by Crippen LogP contribution is 2.15. The molecule has 1 amide bonds. The van der Waals surface area contributed by atoms with Gasteiger partial charge in [-0.25, -0.2) is 4.98 Å². The number of hydrogen-bond donors (Lipinski definition) is 1. The average Bonchev–Trinajstić information content (AvgIpc) is 2.52. The summed E-state index contributed by atoms with van der Waals surface area (Å²) in [6, 6.07) is 13.7. The zero-order chi connectivity index (χ0) is 16.9. The van der Waals surface area contributed by atoms with E-state index in [-0.39, 0.29) is 11.4 Å². The molecule has 1 aromatic heterocycles. The van der Waals surface area contributed by atoms with E-state index in [4.69, 9.17) is 0 Å². The number of carbonyl (C=O) groups is 1. The number of anilines is 1. The lowest BCUT2D eigenvalue weighted by Gasteiger charge is -2.23. The van der Waals surface area contributed by atoms with E-state index >= 15 is 0 Å². The number of nitrogens with one attached hydrogen (secondary N) is 1. The Hall–Kier alpha value is -2.36. The third-order valence-electron chi connectivity index (χ3n) is 3.39. The number of rotatable bonds is 5. The molecule has 0 saturated heterocycles. The SMILES string of the molecule is CCN(Cc1ccccc1)C(=O)c1ccc(NC(C)(C)C)cn1. The van der Waals surface area contributed by atoms with Crippen molar-refractivity contribution < 1.29 is 4.79 Å². The van der Waals surface area contributed by atoms with Crippen molar-refractivity contribution in [1.29, 1.82) is 0 Å². The number of pyridine rings is 1. The second kappa shape index (κ2) is 7.27. The highest BCUT2D eigenvalue weighted by molar-refractivity contribution is 5.92. The Balaban J connectivity index is 2.08. The van der Waals surface area contributed by atoms with Gasteiger partial charge in [0.25, 0.3) is 5.91 Å². The van der Waals surface area contributed by atoms with Crippen LogP contribution in [0, 0.1) is 0 Å². The molecule has 2 aromatic rings. The summed E-state index contributed by atoms with van der Waals surface area (Å²) in [6.07, 6.45) is 1.72. The lowest BCUT2D eigenvalue weighted by molar-refractivity contribution is 0.0746. The van der Waals surface area contributed by atoms with E-state index in [1.54, 1.807) is 17.2 Å². The lowest BCUT2D eigenvalue weighted by Crippen LogP contribution is -2.31. The highest BCUT2D eigenvalue weighted by atomic mass is 16.2. The third kappa shape index (κ3) is 5.09. The van der Waals surface area contributed by atoms with Crippen LogP contribution >= 0.6 is 0 Å². The van der Waals surface area contributed by atoms with Gasteiger partial charge in [0.1, 0.15) is 5.69 Å². The van der Waals surface area contributed by atoms with Crippen LogP contribution in [0.1, 0.15) is 43.7 Å². The molecule has 1 aromatic carbocycles. The molecule has 0 aliphatic rings. The minimum atomic E-state index is -0.0429. The van der Waals surface area contributed by atoms with Gasteiger partial charge in [0.05, 0.1) is 11.9 Å². The summed E-state index contributed by atoms with van der Waals surface area (Å²) >= 11 is 0. The predicted molar refractivity (Wildman–Crippen MR) is 94.5 cm³/mol. The quantitative estimate of drug-likeness (QED) is 0.909. The van der Waals surface area contributed by atoms with Crippen LogP contribution in [-0.2, 0) is 6.54 Å². The Kier molecular flexibility index (Phi) is 5.37. The maximum Gasteiger partial charge on any atom is 0.272 e. The van der Waals surface area contributed by atoms with Gasteiger partial charge in [-0.05, 0) is 45.4 Å². The van der Waals surface area contributed by atoms with E-state index < -0.39 is 0 Å². The second-order valence-electron chi connectivity index (χ2n) is 6.61.